The highest BCUT2D eigenvalue weighted by Crippen LogP contribution is 2.28. The fourth-order valence-corrected chi connectivity index (χ4v) is 1.86. The molecule has 1 saturated heterocycles. The number of halogens is 3. The minimum absolute atomic E-state index is 0.0893. The van der Waals surface area contributed by atoms with Crippen LogP contribution in [0.25, 0.3) is 0 Å². The van der Waals surface area contributed by atoms with E-state index in [0.717, 1.165) is 12.3 Å². The molecule has 5 nitrogen and oxygen atoms in total. The Morgan fingerprint density at radius 3 is 2.53 bits per heavy atom. The van der Waals surface area contributed by atoms with E-state index in [1.807, 2.05) is 11.0 Å². The number of hydrogen-bond acceptors (Lipinski definition) is 5. The average molecular weight is 271 g/mol. The minimum Gasteiger partial charge on any atom is -0.338 e. The molecule has 1 aliphatic rings. The summed E-state index contributed by atoms with van der Waals surface area (Å²) in [7, 11) is 0. The van der Waals surface area contributed by atoms with Gasteiger partial charge in [0.1, 0.15) is 5.69 Å². The molecule has 0 amide bonds. The zero-order valence-electron chi connectivity index (χ0n) is 10.1. The second-order valence-corrected chi connectivity index (χ2v) is 4.16. The highest BCUT2D eigenvalue weighted by atomic mass is 19.4. The van der Waals surface area contributed by atoms with Crippen LogP contribution in [0.4, 0.5) is 19.1 Å². The standard InChI is InChI=1S/C11H12F3N5/c12-11(13,14)9-1-3-16-10(17-9)19-7-5-18(4-2-15)6-8-19/h1,3H,4-8H2. The van der Waals surface area contributed by atoms with E-state index >= 15 is 0 Å². The smallest absolute Gasteiger partial charge is 0.338 e. The van der Waals surface area contributed by atoms with Crippen LogP contribution >= 0.6 is 0 Å². The van der Waals surface area contributed by atoms with Crippen LogP contribution < -0.4 is 4.90 Å². The summed E-state index contributed by atoms with van der Waals surface area (Å²) in [4.78, 5) is 11.1. The first-order valence-electron chi connectivity index (χ1n) is 5.75. The second-order valence-electron chi connectivity index (χ2n) is 4.16. The maximum atomic E-state index is 12.5. The number of nitriles is 1. The largest absolute Gasteiger partial charge is 0.433 e. The molecule has 0 aliphatic carbocycles. The molecule has 0 atom stereocenters. The minimum atomic E-state index is -4.46. The fourth-order valence-electron chi connectivity index (χ4n) is 1.86. The SMILES string of the molecule is N#CCN1CCN(c2nccc(C(F)(F)F)n2)CC1. The third-order valence-electron chi connectivity index (χ3n) is 2.88. The van der Waals surface area contributed by atoms with Gasteiger partial charge in [0.05, 0.1) is 12.6 Å². The molecule has 0 saturated carbocycles. The molecule has 102 valence electrons. The van der Waals surface area contributed by atoms with Crippen LogP contribution in [0.3, 0.4) is 0 Å². The number of alkyl halides is 3. The van der Waals surface area contributed by atoms with Gasteiger partial charge < -0.3 is 4.90 Å². The van der Waals surface area contributed by atoms with Gasteiger partial charge in [-0.25, -0.2) is 9.97 Å². The molecular formula is C11H12F3N5. The van der Waals surface area contributed by atoms with Crippen molar-refractivity contribution in [2.24, 2.45) is 0 Å². The molecule has 1 aromatic rings. The molecule has 19 heavy (non-hydrogen) atoms. The predicted molar refractivity (Wildman–Crippen MR) is 61.3 cm³/mol. The van der Waals surface area contributed by atoms with E-state index in [0.29, 0.717) is 32.7 Å². The van der Waals surface area contributed by atoms with Gasteiger partial charge in [0, 0.05) is 32.4 Å². The Kier molecular flexibility index (Phi) is 3.85. The van der Waals surface area contributed by atoms with Gasteiger partial charge in [-0.1, -0.05) is 0 Å². The summed E-state index contributed by atoms with van der Waals surface area (Å²) >= 11 is 0. The summed E-state index contributed by atoms with van der Waals surface area (Å²) < 4.78 is 37.6. The maximum absolute atomic E-state index is 12.5. The average Bonchev–Trinajstić information content (AvgIpc) is 2.39. The van der Waals surface area contributed by atoms with Crippen LogP contribution in [0.1, 0.15) is 5.69 Å². The highest BCUT2D eigenvalue weighted by molar-refractivity contribution is 5.31. The molecule has 1 aromatic heterocycles. The number of nitrogens with zero attached hydrogens (tertiary/aromatic N) is 5. The molecule has 8 heteroatoms. The van der Waals surface area contributed by atoms with Gasteiger partial charge in [-0.3, -0.25) is 4.90 Å². The Bertz CT molecular complexity index is 474. The van der Waals surface area contributed by atoms with Crippen LogP contribution in [0, 0.1) is 11.3 Å². The Hall–Kier alpha value is -1.88. The first-order valence-corrected chi connectivity index (χ1v) is 5.75. The Morgan fingerprint density at radius 2 is 1.95 bits per heavy atom. The second kappa shape index (κ2) is 5.40. The van der Waals surface area contributed by atoms with Gasteiger partial charge in [-0.2, -0.15) is 18.4 Å². The van der Waals surface area contributed by atoms with Crippen LogP contribution in [-0.4, -0.2) is 47.6 Å². The summed E-state index contributed by atoms with van der Waals surface area (Å²) in [6, 6.07) is 2.91. The number of rotatable bonds is 2. The van der Waals surface area contributed by atoms with Gasteiger partial charge in [0.15, 0.2) is 0 Å². The van der Waals surface area contributed by atoms with Gasteiger partial charge in [0.2, 0.25) is 5.95 Å². The van der Waals surface area contributed by atoms with Gasteiger partial charge in [0.25, 0.3) is 0 Å². The lowest BCUT2D eigenvalue weighted by Gasteiger charge is -2.33. The Balaban J connectivity index is 2.06. The Morgan fingerprint density at radius 1 is 1.26 bits per heavy atom. The van der Waals surface area contributed by atoms with Crippen LogP contribution in [0.15, 0.2) is 12.3 Å². The van der Waals surface area contributed by atoms with E-state index in [4.69, 9.17) is 5.26 Å². The Labute approximate surface area is 108 Å². The van der Waals surface area contributed by atoms with E-state index < -0.39 is 11.9 Å². The molecule has 0 N–H and O–H groups in total. The quantitative estimate of drug-likeness (QED) is 0.755. The zero-order chi connectivity index (χ0) is 13.9. The first kappa shape index (κ1) is 13.5. The molecule has 0 radical (unpaired) electrons. The maximum Gasteiger partial charge on any atom is 0.433 e. The topological polar surface area (TPSA) is 56.1 Å². The molecule has 0 unspecified atom stereocenters. The normalized spacial score (nSPS) is 17.3. The monoisotopic (exact) mass is 271 g/mol. The van der Waals surface area contributed by atoms with Crippen molar-refractivity contribution in [2.75, 3.05) is 37.6 Å². The molecule has 0 bridgehead atoms. The lowest BCUT2D eigenvalue weighted by Crippen LogP contribution is -2.47. The van der Waals surface area contributed by atoms with Gasteiger partial charge in [-0.05, 0) is 6.07 Å². The predicted octanol–water partition coefficient (Wildman–Crippen LogP) is 1.14. The van der Waals surface area contributed by atoms with Crippen molar-refractivity contribution < 1.29 is 13.2 Å². The van der Waals surface area contributed by atoms with Crippen molar-refractivity contribution in [3.63, 3.8) is 0 Å². The number of anilines is 1. The lowest BCUT2D eigenvalue weighted by atomic mass is 10.3. The molecular weight excluding hydrogens is 259 g/mol. The van der Waals surface area contributed by atoms with Crippen molar-refractivity contribution in [3.05, 3.63) is 18.0 Å². The molecule has 1 fully saturated rings. The van der Waals surface area contributed by atoms with Crippen molar-refractivity contribution in [3.8, 4) is 6.07 Å². The summed E-state index contributed by atoms with van der Waals surface area (Å²) in [5.74, 6) is 0.0893. The summed E-state index contributed by atoms with van der Waals surface area (Å²) in [6.07, 6.45) is -3.34. The van der Waals surface area contributed by atoms with Crippen molar-refractivity contribution in [2.45, 2.75) is 6.18 Å². The van der Waals surface area contributed by atoms with Crippen LogP contribution in [0.2, 0.25) is 0 Å². The summed E-state index contributed by atoms with van der Waals surface area (Å²) in [5.41, 5.74) is -0.933. The van der Waals surface area contributed by atoms with Crippen molar-refractivity contribution in [1.29, 1.82) is 5.26 Å². The van der Waals surface area contributed by atoms with Crippen molar-refractivity contribution in [1.82, 2.24) is 14.9 Å². The first-order chi connectivity index (χ1) is 9.00. The highest BCUT2D eigenvalue weighted by Gasteiger charge is 2.33. The summed E-state index contributed by atoms with van der Waals surface area (Å²) in [5, 5.41) is 8.57. The van der Waals surface area contributed by atoms with E-state index in [2.05, 4.69) is 9.97 Å². The van der Waals surface area contributed by atoms with Crippen LogP contribution in [0.5, 0.6) is 0 Å². The number of piperazine rings is 1. The number of hydrogen-bond donors (Lipinski definition) is 0. The molecule has 1 aliphatic heterocycles. The molecule has 0 spiro atoms. The molecule has 2 rings (SSSR count). The van der Waals surface area contributed by atoms with E-state index in [1.54, 1.807) is 4.90 Å². The third kappa shape index (κ3) is 3.32. The summed E-state index contributed by atoms with van der Waals surface area (Å²) in [6.45, 7) is 2.60. The van der Waals surface area contributed by atoms with E-state index in [-0.39, 0.29) is 5.95 Å². The fraction of sp³-hybridized carbons (Fsp3) is 0.545. The molecule has 2 heterocycles. The third-order valence-corrected chi connectivity index (χ3v) is 2.88. The van der Waals surface area contributed by atoms with E-state index in [1.165, 1.54) is 0 Å². The number of aromatic nitrogens is 2. The van der Waals surface area contributed by atoms with Gasteiger partial charge in [-0.15, -0.1) is 0 Å². The molecule has 0 aromatic carbocycles. The zero-order valence-corrected chi connectivity index (χ0v) is 10.1. The van der Waals surface area contributed by atoms with Gasteiger partial charge >= 0.3 is 6.18 Å². The lowest BCUT2D eigenvalue weighted by molar-refractivity contribution is -0.141. The van der Waals surface area contributed by atoms with Crippen LogP contribution in [-0.2, 0) is 6.18 Å². The van der Waals surface area contributed by atoms with E-state index in [9.17, 15) is 13.2 Å². The van der Waals surface area contributed by atoms with Crippen molar-refractivity contribution >= 4 is 5.95 Å².